The van der Waals surface area contributed by atoms with Crippen LogP contribution in [-0.4, -0.2) is 51.0 Å². The lowest BCUT2D eigenvalue weighted by Gasteiger charge is -2.20. The van der Waals surface area contributed by atoms with Crippen molar-refractivity contribution in [1.29, 1.82) is 0 Å². The molecule has 0 aliphatic heterocycles. The predicted octanol–water partition coefficient (Wildman–Crippen LogP) is 1.70. The number of aryl methyl sites for hydroxylation is 1. The fourth-order valence-corrected chi connectivity index (χ4v) is 2.64. The number of likely N-dealkylation sites (N-methyl/N-ethyl adjacent to an activating group) is 1. The molecule has 0 radical (unpaired) electrons. The predicted molar refractivity (Wildman–Crippen MR) is 97.1 cm³/mol. The number of hydrogen-bond donors (Lipinski definition) is 1. The number of carbonyl (C=O) groups is 1. The Balaban J connectivity index is 2.30. The normalized spacial score (nSPS) is 12.6. The van der Waals surface area contributed by atoms with Crippen LogP contribution in [0.4, 0.5) is 5.82 Å². The van der Waals surface area contributed by atoms with E-state index >= 15 is 0 Å². The van der Waals surface area contributed by atoms with Crippen molar-refractivity contribution < 1.29 is 4.79 Å². The van der Waals surface area contributed by atoms with Crippen molar-refractivity contribution in [3.05, 3.63) is 39.9 Å². The molecular formula is C17H26N6O2. The van der Waals surface area contributed by atoms with Crippen molar-refractivity contribution in [3.63, 3.8) is 0 Å². The fourth-order valence-electron chi connectivity index (χ4n) is 2.64. The summed E-state index contributed by atoms with van der Waals surface area (Å²) in [5, 5.41) is 10.9. The molecule has 8 heteroatoms. The molecule has 0 aliphatic carbocycles. The maximum Gasteiger partial charge on any atom is 0.263 e. The second-order valence-corrected chi connectivity index (χ2v) is 6.80. The average molecular weight is 346 g/mol. The van der Waals surface area contributed by atoms with Gasteiger partial charge >= 0.3 is 0 Å². The van der Waals surface area contributed by atoms with E-state index in [9.17, 15) is 9.59 Å². The maximum absolute atomic E-state index is 12.8. The standard InChI is InChI=1S/C17H26N6O2/c1-11(2)23-18-9-14(20-23)19-16(24)15-12(3)7-8-22(17(15)25)13(4)10-21(5)6/h7-9,11,13H,10H2,1-6H3,(H,19,20,24). The van der Waals surface area contributed by atoms with Crippen LogP contribution in [0.5, 0.6) is 0 Å². The average Bonchev–Trinajstić information content (AvgIpc) is 2.95. The molecule has 8 nitrogen and oxygen atoms in total. The van der Waals surface area contributed by atoms with E-state index in [0.717, 1.165) is 0 Å². The highest BCUT2D eigenvalue weighted by Crippen LogP contribution is 2.11. The van der Waals surface area contributed by atoms with Gasteiger partial charge in [0, 0.05) is 18.8 Å². The second-order valence-electron chi connectivity index (χ2n) is 6.80. The van der Waals surface area contributed by atoms with Crippen LogP contribution >= 0.6 is 0 Å². The van der Waals surface area contributed by atoms with Gasteiger partial charge in [-0.25, -0.2) is 0 Å². The van der Waals surface area contributed by atoms with Gasteiger partial charge in [-0.05, 0) is 53.4 Å². The summed E-state index contributed by atoms with van der Waals surface area (Å²) in [7, 11) is 3.89. The third-order valence-electron chi connectivity index (χ3n) is 3.87. The maximum atomic E-state index is 12.8. The van der Waals surface area contributed by atoms with Gasteiger partial charge in [0.1, 0.15) is 5.56 Å². The minimum absolute atomic E-state index is 0.0449. The van der Waals surface area contributed by atoms with E-state index in [0.29, 0.717) is 17.9 Å². The highest BCUT2D eigenvalue weighted by Gasteiger charge is 2.19. The highest BCUT2D eigenvalue weighted by molar-refractivity contribution is 6.04. The summed E-state index contributed by atoms with van der Waals surface area (Å²) in [5.41, 5.74) is 0.461. The molecule has 0 aliphatic rings. The van der Waals surface area contributed by atoms with Gasteiger partial charge in [-0.15, -0.1) is 5.10 Å². The molecule has 1 amide bonds. The molecular weight excluding hydrogens is 320 g/mol. The van der Waals surface area contributed by atoms with Crippen molar-refractivity contribution in [3.8, 4) is 0 Å². The van der Waals surface area contributed by atoms with E-state index < -0.39 is 5.91 Å². The third kappa shape index (κ3) is 4.33. The van der Waals surface area contributed by atoms with Gasteiger partial charge in [-0.2, -0.15) is 9.90 Å². The van der Waals surface area contributed by atoms with E-state index in [2.05, 4.69) is 15.5 Å². The number of nitrogens with one attached hydrogen (secondary N) is 1. The van der Waals surface area contributed by atoms with Crippen LogP contribution in [0.25, 0.3) is 0 Å². The SMILES string of the molecule is Cc1ccn(C(C)CN(C)C)c(=O)c1C(=O)Nc1cnn(C(C)C)n1. The topological polar surface area (TPSA) is 85.0 Å². The van der Waals surface area contributed by atoms with Gasteiger partial charge in [0.2, 0.25) is 0 Å². The Bertz CT molecular complexity index is 806. The Kier molecular flexibility index (Phi) is 5.73. The van der Waals surface area contributed by atoms with Gasteiger partial charge < -0.3 is 14.8 Å². The molecule has 1 unspecified atom stereocenters. The first-order valence-corrected chi connectivity index (χ1v) is 8.30. The molecule has 0 fully saturated rings. The summed E-state index contributed by atoms with van der Waals surface area (Å²) >= 11 is 0. The van der Waals surface area contributed by atoms with E-state index in [1.807, 2.05) is 39.8 Å². The van der Waals surface area contributed by atoms with Crippen molar-refractivity contribution in [2.24, 2.45) is 0 Å². The zero-order chi connectivity index (χ0) is 18.7. The summed E-state index contributed by atoms with van der Waals surface area (Å²) in [6.07, 6.45) is 3.21. The lowest BCUT2D eigenvalue weighted by atomic mass is 10.1. The van der Waals surface area contributed by atoms with Crippen molar-refractivity contribution >= 4 is 11.7 Å². The molecule has 2 heterocycles. The lowest BCUT2D eigenvalue weighted by Crippen LogP contribution is -2.34. The van der Waals surface area contributed by atoms with Gasteiger partial charge in [0.15, 0.2) is 5.82 Å². The van der Waals surface area contributed by atoms with Crippen molar-refractivity contribution in [2.75, 3.05) is 26.0 Å². The van der Waals surface area contributed by atoms with Crippen molar-refractivity contribution in [2.45, 2.75) is 39.8 Å². The number of hydrogen-bond acceptors (Lipinski definition) is 5. The van der Waals surface area contributed by atoms with Crippen LogP contribution in [0.2, 0.25) is 0 Å². The van der Waals surface area contributed by atoms with Gasteiger partial charge in [-0.3, -0.25) is 9.59 Å². The first-order chi connectivity index (χ1) is 11.7. The number of anilines is 1. The summed E-state index contributed by atoms with van der Waals surface area (Å²) < 4.78 is 1.59. The molecule has 0 saturated heterocycles. The summed E-state index contributed by atoms with van der Waals surface area (Å²) in [6, 6.07) is 1.83. The number of nitrogens with zero attached hydrogens (tertiary/aromatic N) is 5. The Hall–Kier alpha value is -2.48. The smallest absolute Gasteiger partial charge is 0.263 e. The monoisotopic (exact) mass is 346 g/mol. The van der Waals surface area contributed by atoms with E-state index in [1.54, 1.807) is 23.8 Å². The fraction of sp³-hybridized carbons (Fsp3) is 0.529. The molecule has 2 aromatic rings. The highest BCUT2D eigenvalue weighted by atomic mass is 16.2. The summed E-state index contributed by atoms with van der Waals surface area (Å²) in [5.74, 6) is -0.140. The molecule has 1 atom stereocenters. The quantitative estimate of drug-likeness (QED) is 0.860. The minimum atomic E-state index is -0.468. The summed E-state index contributed by atoms with van der Waals surface area (Å²) in [6.45, 7) is 8.29. The van der Waals surface area contributed by atoms with Gasteiger partial charge in [-0.1, -0.05) is 0 Å². The molecule has 0 spiro atoms. The molecule has 1 N–H and O–H groups in total. The van der Waals surface area contributed by atoms with Crippen molar-refractivity contribution in [1.82, 2.24) is 24.5 Å². The zero-order valence-corrected chi connectivity index (χ0v) is 15.6. The number of carbonyl (C=O) groups excluding carboxylic acids is 1. The molecule has 0 aromatic carbocycles. The molecule has 2 aromatic heterocycles. The Morgan fingerprint density at radius 1 is 1.32 bits per heavy atom. The second kappa shape index (κ2) is 7.60. The lowest BCUT2D eigenvalue weighted by molar-refractivity contribution is 0.102. The van der Waals surface area contributed by atoms with Crippen LogP contribution in [0.15, 0.2) is 23.3 Å². The Morgan fingerprint density at radius 2 is 2.00 bits per heavy atom. The molecule has 2 rings (SSSR count). The minimum Gasteiger partial charge on any atom is -0.311 e. The van der Waals surface area contributed by atoms with E-state index in [-0.39, 0.29) is 23.2 Å². The van der Waals surface area contributed by atoms with E-state index in [1.165, 1.54) is 11.0 Å². The Morgan fingerprint density at radius 3 is 2.56 bits per heavy atom. The first-order valence-electron chi connectivity index (χ1n) is 8.30. The molecule has 0 saturated carbocycles. The third-order valence-corrected chi connectivity index (χ3v) is 3.87. The number of rotatable bonds is 6. The first kappa shape index (κ1) is 18.9. The largest absolute Gasteiger partial charge is 0.311 e. The Labute approximate surface area is 147 Å². The molecule has 0 bridgehead atoms. The molecule has 136 valence electrons. The number of amides is 1. The van der Waals surface area contributed by atoms with Crippen LogP contribution in [0.1, 0.15) is 48.8 Å². The number of aromatic nitrogens is 4. The van der Waals surface area contributed by atoms with Crippen LogP contribution in [0.3, 0.4) is 0 Å². The van der Waals surface area contributed by atoms with E-state index in [4.69, 9.17) is 0 Å². The molecule has 25 heavy (non-hydrogen) atoms. The number of pyridine rings is 1. The van der Waals surface area contributed by atoms with Gasteiger partial charge in [0.25, 0.3) is 11.5 Å². The van der Waals surface area contributed by atoms with Crippen LogP contribution in [-0.2, 0) is 0 Å². The zero-order valence-electron chi connectivity index (χ0n) is 15.6. The van der Waals surface area contributed by atoms with Crippen LogP contribution in [0, 0.1) is 6.92 Å². The van der Waals surface area contributed by atoms with Crippen LogP contribution < -0.4 is 10.9 Å². The van der Waals surface area contributed by atoms with Gasteiger partial charge in [0.05, 0.1) is 12.2 Å². The summed E-state index contributed by atoms with van der Waals surface area (Å²) in [4.78, 5) is 28.9.